The Morgan fingerprint density at radius 1 is 1.54 bits per heavy atom. The third-order valence-electron chi connectivity index (χ3n) is 1.67. The second kappa shape index (κ2) is 4.81. The number of primary amides is 1. The number of rotatable bonds is 3. The quantitative estimate of drug-likeness (QED) is 0.673. The van der Waals surface area contributed by atoms with Crippen LogP contribution < -0.4 is 5.73 Å². The molecule has 0 bridgehead atoms. The van der Waals surface area contributed by atoms with Crippen LogP contribution in [0.3, 0.4) is 0 Å². The molecule has 13 heavy (non-hydrogen) atoms. The lowest BCUT2D eigenvalue weighted by atomic mass is 10.1. The molecule has 2 nitrogen and oxygen atoms in total. The normalized spacial score (nSPS) is 12.5. The van der Waals surface area contributed by atoms with Gasteiger partial charge in [0.1, 0.15) is 5.38 Å². The molecule has 0 fully saturated rings. The molecular formula is C9H9ClINO. The number of carbonyl (C=O) groups excluding carboxylic acids is 1. The molecule has 4 heteroatoms. The van der Waals surface area contributed by atoms with Crippen LogP contribution in [-0.4, -0.2) is 11.3 Å². The van der Waals surface area contributed by atoms with Gasteiger partial charge in [-0.05, 0) is 40.6 Å². The molecule has 1 unspecified atom stereocenters. The highest BCUT2D eigenvalue weighted by Crippen LogP contribution is 2.15. The van der Waals surface area contributed by atoms with Gasteiger partial charge in [0.05, 0.1) is 0 Å². The molecule has 1 aromatic carbocycles. The van der Waals surface area contributed by atoms with Crippen molar-refractivity contribution in [3.8, 4) is 0 Å². The van der Waals surface area contributed by atoms with Crippen LogP contribution in [0.2, 0.25) is 0 Å². The Kier molecular flexibility index (Phi) is 3.99. The lowest BCUT2D eigenvalue weighted by molar-refractivity contribution is -0.117. The van der Waals surface area contributed by atoms with E-state index in [0.717, 1.165) is 9.13 Å². The summed E-state index contributed by atoms with van der Waals surface area (Å²) in [4.78, 5) is 10.7. The van der Waals surface area contributed by atoms with Gasteiger partial charge in [-0.2, -0.15) is 0 Å². The molecule has 0 aromatic heterocycles. The lowest BCUT2D eigenvalue weighted by Crippen LogP contribution is -2.25. The molecule has 1 amide bonds. The van der Waals surface area contributed by atoms with Crippen LogP contribution in [0.25, 0.3) is 0 Å². The average Bonchev–Trinajstić information content (AvgIpc) is 2.08. The van der Waals surface area contributed by atoms with Crippen LogP contribution in [0, 0.1) is 3.57 Å². The molecule has 0 saturated carbocycles. The van der Waals surface area contributed by atoms with Crippen molar-refractivity contribution in [2.75, 3.05) is 0 Å². The highest BCUT2D eigenvalue weighted by Gasteiger charge is 2.12. The Morgan fingerprint density at radius 2 is 2.15 bits per heavy atom. The summed E-state index contributed by atoms with van der Waals surface area (Å²) in [5.74, 6) is -0.471. The number of hydrogen-bond acceptors (Lipinski definition) is 1. The Labute approximate surface area is 95.6 Å². The van der Waals surface area contributed by atoms with E-state index in [1.807, 2.05) is 24.3 Å². The summed E-state index contributed by atoms with van der Waals surface area (Å²) in [6.45, 7) is 0. The van der Waals surface area contributed by atoms with Gasteiger partial charge in [0.2, 0.25) is 5.91 Å². The van der Waals surface area contributed by atoms with E-state index in [1.54, 1.807) is 0 Å². The monoisotopic (exact) mass is 309 g/mol. The van der Waals surface area contributed by atoms with Gasteiger partial charge in [0.15, 0.2) is 0 Å². The summed E-state index contributed by atoms with van der Waals surface area (Å²) >= 11 is 7.95. The maximum absolute atomic E-state index is 10.7. The average molecular weight is 310 g/mol. The molecule has 0 aliphatic rings. The van der Waals surface area contributed by atoms with Crippen molar-refractivity contribution in [2.45, 2.75) is 11.8 Å². The first-order valence-corrected chi connectivity index (χ1v) is 5.29. The first-order valence-electron chi connectivity index (χ1n) is 3.78. The third kappa shape index (κ3) is 3.15. The Balaban J connectivity index is 2.74. The van der Waals surface area contributed by atoms with E-state index in [0.29, 0.717) is 6.42 Å². The summed E-state index contributed by atoms with van der Waals surface area (Å²) in [5.41, 5.74) is 6.12. The number of nitrogens with two attached hydrogens (primary N) is 1. The van der Waals surface area contributed by atoms with Gasteiger partial charge in [-0.15, -0.1) is 11.6 Å². The first kappa shape index (κ1) is 10.8. The third-order valence-corrected chi connectivity index (χ3v) is 3.09. The predicted octanol–water partition coefficient (Wildman–Crippen LogP) is 1.93. The Bertz CT molecular complexity index is 316. The van der Waals surface area contributed by atoms with Gasteiger partial charge in [-0.1, -0.05) is 18.2 Å². The first-order chi connectivity index (χ1) is 6.11. The molecule has 1 atom stereocenters. The minimum absolute atomic E-state index is 0.471. The van der Waals surface area contributed by atoms with E-state index in [9.17, 15) is 4.79 Å². The smallest absolute Gasteiger partial charge is 0.235 e. The van der Waals surface area contributed by atoms with Crippen LogP contribution in [0.1, 0.15) is 5.56 Å². The number of carbonyl (C=O) groups is 1. The highest BCUT2D eigenvalue weighted by molar-refractivity contribution is 14.1. The fourth-order valence-electron chi connectivity index (χ4n) is 0.958. The van der Waals surface area contributed by atoms with Gasteiger partial charge in [-0.3, -0.25) is 4.79 Å². The molecule has 1 aromatic rings. The van der Waals surface area contributed by atoms with Crippen molar-refractivity contribution in [1.29, 1.82) is 0 Å². The maximum atomic E-state index is 10.7. The van der Waals surface area contributed by atoms with Gasteiger partial charge in [0.25, 0.3) is 0 Å². The van der Waals surface area contributed by atoms with E-state index in [1.165, 1.54) is 0 Å². The van der Waals surface area contributed by atoms with E-state index in [4.69, 9.17) is 17.3 Å². The second-order valence-electron chi connectivity index (χ2n) is 2.67. The molecule has 0 radical (unpaired) electrons. The fourth-order valence-corrected chi connectivity index (χ4v) is 1.73. The Morgan fingerprint density at radius 3 is 2.69 bits per heavy atom. The highest BCUT2D eigenvalue weighted by atomic mass is 127. The van der Waals surface area contributed by atoms with Gasteiger partial charge in [0, 0.05) is 3.57 Å². The summed E-state index contributed by atoms with van der Waals surface area (Å²) < 4.78 is 1.10. The maximum Gasteiger partial charge on any atom is 0.235 e. The number of benzene rings is 1. The minimum Gasteiger partial charge on any atom is -0.368 e. The molecule has 0 spiro atoms. The van der Waals surface area contributed by atoms with Crippen molar-refractivity contribution in [2.24, 2.45) is 5.73 Å². The SMILES string of the molecule is NC(=O)C(Cl)Cc1ccccc1I. The zero-order valence-corrected chi connectivity index (χ0v) is 9.75. The van der Waals surface area contributed by atoms with E-state index in [-0.39, 0.29) is 0 Å². The molecule has 2 N–H and O–H groups in total. The van der Waals surface area contributed by atoms with E-state index >= 15 is 0 Å². The van der Waals surface area contributed by atoms with Crippen molar-refractivity contribution in [3.63, 3.8) is 0 Å². The largest absolute Gasteiger partial charge is 0.368 e. The van der Waals surface area contributed by atoms with Crippen LogP contribution in [-0.2, 0) is 11.2 Å². The predicted molar refractivity (Wildman–Crippen MR) is 61.7 cm³/mol. The van der Waals surface area contributed by atoms with Crippen LogP contribution in [0.5, 0.6) is 0 Å². The zero-order valence-electron chi connectivity index (χ0n) is 6.84. The Hall–Kier alpha value is -0.290. The number of halogens is 2. The molecule has 0 aliphatic heterocycles. The van der Waals surface area contributed by atoms with Crippen molar-refractivity contribution in [1.82, 2.24) is 0 Å². The number of alkyl halides is 1. The van der Waals surface area contributed by atoms with Crippen molar-refractivity contribution >= 4 is 40.1 Å². The van der Waals surface area contributed by atoms with Crippen molar-refractivity contribution in [3.05, 3.63) is 33.4 Å². The summed E-state index contributed by atoms with van der Waals surface area (Å²) in [7, 11) is 0. The molecule has 0 saturated heterocycles. The van der Waals surface area contributed by atoms with E-state index < -0.39 is 11.3 Å². The van der Waals surface area contributed by atoms with Gasteiger partial charge >= 0.3 is 0 Å². The second-order valence-corrected chi connectivity index (χ2v) is 4.35. The summed E-state index contributed by atoms with van der Waals surface area (Å²) in [5, 5.41) is -0.615. The summed E-state index contributed by atoms with van der Waals surface area (Å²) in [6.07, 6.45) is 0.496. The lowest BCUT2D eigenvalue weighted by Gasteiger charge is -2.06. The molecular weight excluding hydrogens is 300 g/mol. The number of amides is 1. The molecule has 0 aliphatic carbocycles. The number of hydrogen-bond donors (Lipinski definition) is 1. The topological polar surface area (TPSA) is 43.1 Å². The molecule has 1 rings (SSSR count). The molecule has 70 valence electrons. The summed E-state index contributed by atoms with van der Waals surface area (Å²) in [6, 6.07) is 7.78. The molecule has 0 heterocycles. The minimum atomic E-state index is -0.615. The van der Waals surface area contributed by atoms with Crippen molar-refractivity contribution < 1.29 is 4.79 Å². The zero-order chi connectivity index (χ0) is 9.84. The van der Waals surface area contributed by atoms with Crippen LogP contribution in [0.4, 0.5) is 0 Å². The van der Waals surface area contributed by atoms with Gasteiger partial charge < -0.3 is 5.73 Å². The van der Waals surface area contributed by atoms with Crippen LogP contribution in [0.15, 0.2) is 24.3 Å². The standard InChI is InChI=1S/C9H9ClINO/c10-7(9(12)13)5-6-3-1-2-4-8(6)11/h1-4,7H,5H2,(H2,12,13). The fraction of sp³-hybridized carbons (Fsp3) is 0.222. The van der Waals surface area contributed by atoms with E-state index in [2.05, 4.69) is 22.6 Å². The van der Waals surface area contributed by atoms with Gasteiger partial charge in [-0.25, -0.2) is 0 Å². The van der Waals surface area contributed by atoms with Crippen LogP contribution >= 0.6 is 34.2 Å².